The lowest BCUT2D eigenvalue weighted by atomic mass is 10.1. The molecule has 0 aliphatic carbocycles. The lowest BCUT2D eigenvalue weighted by Crippen LogP contribution is -2.57. The van der Waals surface area contributed by atoms with E-state index in [-0.39, 0.29) is 35.8 Å². The first kappa shape index (κ1) is 24.5. The van der Waals surface area contributed by atoms with Crippen LogP contribution in [0, 0.1) is 5.41 Å². The number of benzene rings is 1. The van der Waals surface area contributed by atoms with Crippen LogP contribution in [0.5, 0.6) is 0 Å². The number of urea groups is 1. The van der Waals surface area contributed by atoms with Crippen molar-refractivity contribution in [1.82, 2.24) is 20.4 Å². The van der Waals surface area contributed by atoms with Crippen molar-refractivity contribution in [3.8, 4) is 0 Å². The lowest BCUT2D eigenvalue weighted by molar-refractivity contribution is -0.171. The van der Waals surface area contributed by atoms with Crippen LogP contribution in [0.1, 0.15) is 35.7 Å². The van der Waals surface area contributed by atoms with E-state index in [9.17, 15) is 27.6 Å². The van der Waals surface area contributed by atoms with E-state index in [0.29, 0.717) is 26.3 Å². The van der Waals surface area contributed by atoms with Crippen LogP contribution in [0.25, 0.3) is 0 Å². The highest BCUT2D eigenvalue weighted by Gasteiger charge is 2.39. The molecular weight excluding hydrogens is 443 g/mol. The number of nitrogens with zero attached hydrogens (tertiary/aromatic N) is 2. The fourth-order valence-corrected chi connectivity index (χ4v) is 3.82. The van der Waals surface area contributed by atoms with Crippen LogP contribution in [-0.2, 0) is 9.53 Å². The van der Waals surface area contributed by atoms with Gasteiger partial charge in [-0.15, -0.1) is 0 Å². The van der Waals surface area contributed by atoms with E-state index in [1.54, 1.807) is 4.90 Å². The number of hydrogen-bond donors (Lipinski definition) is 3. The molecule has 2 aliphatic heterocycles. The summed E-state index contributed by atoms with van der Waals surface area (Å²) in [4.78, 5) is 40.0. The van der Waals surface area contributed by atoms with Crippen LogP contribution < -0.4 is 10.6 Å². The van der Waals surface area contributed by atoms with Crippen molar-refractivity contribution in [2.24, 2.45) is 0 Å². The summed E-state index contributed by atoms with van der Waals surface area (Å²) < 4.78 is 42.4. The van der Waals surface area contributed by atoms with Gasteiger partial charge in [0.05, 0.1) is 19.3 Å². The molecule has 3 rings (SSSR count). The molecule has 0 radical (unpaired) electrons. The number of ether oxygens (including phenoxy) is 1. The van der Waals surface area contributed by atoms with Crippen LogP contribution in [0.3, 0.4) is 0 Å². The lowest BCUT2D eigenvalue weighted by Gasteiger charge is -2.39. The van der Waals surface area contributed by atoms with Crippen molar-refractivity contribution in [3.05, 3.63) is 35.4 Å². The molecule has 0 bridgehead atoms. The summed E-state index contributed by atoms with van der Waals surface area (Å²) in [5, 5.41) is 11.8. The fourth-order valence-electron chi connectivity index (χ4n) is 3.82. The van der Waals surface area contributed by atoms with Gasteiger partial charge < -0.3 is 25.2 Å². The maximum atomic E-state index is 12.9. The van der Waals surface area contributed by atoms with Crippen LogP contribution in [0.2, 0.25) is 0 Å². The molecule has 0 saturated carbocycles. The minimum absolute atomic E-state index is 0.0151. The summed E-state index contributed by atoms with van der Waals surface area (Å²) >= 11 is 0. The number of amides is 4. The molecule has 2 heterocycles. The molecule has 0 spiro atoms. The number of morpholine rings is 1. The summed E-state index contributed by atoms with van der Waals surface area (Å²) in [6, 6.07) is 4.99. The molecule has 12 heteroatoms. The van der Waals surface area contributed by atoms with Crippen molar-refractivity contribution >= 4 is 23.7 Å². The molecular formula is C21H26F3N5O4. The number of hydrogen-bond acceptors (Lipinski definition) is 5. The molecule has 1 unspecified atom stereocenters. The van der Waals surface area contributed by atoms with Gasteiger partial charge in [-0.05, 0) is 31.9 Å². The zero-order valence-corrected chi connectivity index (χ0v) is 18.1. The Bertz CT molecular complexity index is 906. The Labute approximate surface area is 188 Å². The first-order valence-corrected chi connectivity index (χ1v) is 10.6. The fraction of sp³-hybridized carbons (Fsp3) is 0.524. The molecule has 2 atom stereocenters. The van der Waals surface area contributed by atoms with Gasteiger partial charge in [-0.2, -0.15) is 13.2 Å². The van der Waals surface area contributed by atoms with Gasteiger partial charge in [-0.25, -0.2) is 4.79 Å². The first-order valence-electron chi connectivity index (χ1n) is 10.6. The predicted octanol–water partition coefficient (Wildman–Crippen LogP) is 1.73. The van der Waals surface area contributed by atoms with E-state index >= 15 is 0 Å². The Balaban J connectivity index is 1.56. The van der Waals surface area contributed by atoms with Gasteiger partial charge in [0.2, 0.25) is 0 Å². The van der Waals surface area contributed by atoms with Crippen LogP contribution in [-0.4, -0.2) is 84.6 Å². The van der Waals surface area contributed by atoms with E-state index in [1.165, 1.54) is 29.6 Å². The summed E-state index contributed by atoms with van der Waals surface area (Å²) in [6.45, 7) is 4.05. The molecule has 0 aromatic heterocycles. The number of nitrogens with one attached hydrogen (secondary N) is 3. The number of amidine groups is 1. The zero-order valence-electron chi connectivity index (χ0n) is 18.1. The average molecular weight is 469 g/mol. The zero-order chi connectivity index (χ0) is 24.2. The molecule has 2 saturated heterocycles. The topological polar surface area (TPSA) is 115 Å². The van der Waals surface area contributed by atoms with Crippen molar-refractivity contribution in [3.63, 3.8) is 0 Å². The summed E-state index contributed by atoms with van der Waals surface area (Å²) in [7, 11) is 0. The van der Waals surface area contributed by atoms with Gasteiger partial charge >= 0.3 is 18.1 Å². The quantitative estimate of drug-likeness (QED) is 0.460. The molecule has 33 heavy (non-hydrogen) atoms. The Kier molecular flexibility index (Phi) is 7.57. The second kappa shape index (κ2) is 10.2. The van der Waals surface area contributed by atoms with Crippen LogP contribution in [0.15, 0.2) is 24.3 Å². The molecule has 1 aromatic rings. The molecule has 180 valence electrons. The standard InChI is InChI=1S/C21H26F3N5O4/c1-13-3-2-8-28(13)20(32)29-9-10-33-12-16(29)11-26-18(30)15-6-4-14(5-7-15)17(25)27-19(31)21(22,23)24/h4-7,13,16H,2-3,8-12H2,1H3,(H,26,30)(H2,25,27,31)/t13-,16?/m0/s1. The second-order valence-corrected chi connectivity index (χ2v) is 8.00. The van der Waals surface area contributed by atoms with E-state index in [0.717, 1.165) is 12.8 Å². The third kappa shape index (κ3) is 6.01. The number of likely N-dealkylation sites (tertiary alicyclic amines) is 1. The third-order valence-corrected chi connectivity index (χ3v) is 5.70. The van der Waals surface area contributed by atoms with E-state index in [2.05, 4.69) is 5.32 Å². The Morgan fingerprint density at radius 3 is 2.39 bits per heavy atom. The number of rotatable bonds is 4. The number of carbonyl (C=O) groups is 3. The summed E-state index contributed by atoms with van der Waals surface area (Å²) in [5.41, 5.74) is 0.234. The Morgan fingerprint density at radius 2 is 1.79 bits per heavy atom. The Hall–Kier alpha value is -3.15. The van der Waals surface area contributed by atoms with E-state index in [1.807, 2.05) is 11.8 Å². The largest absolute Gasteiger partial charge is 0.471 e. The molecule has 9 nitrogen and oxygen atoms in total. The SMILES string of the molecule is C[C@H]1CCCN1C(=O)N1CCOCC1CNC(=O)c1ccc(C(=N)NC(=O)C(F)(F)F)cc1. The maximum absolute atomic E-state index is 12.9. The second-order valence-electron chi connectivity index (χ2n) is 8.00. The minimum atomic E-state index is -5.10. The van der Waals surface area contributed by atoms with Crippen molar-refractivity contribution in [1.29, 1.82) is 5.41 Å². The highest BCUT2D eigenvalue weighted by atomic mass is 19.4. The molecule has 2 aliphatic rings. The first-order chi connectivity index (χ1) is 15.6. The third-order valence-electron chi connectivity index (χ3n) is 5.70. The monoisotopic (exact) mass is 469 g/mol. The van der Waals surface area contributed by atoms with Crippen LogP contribution >= 0.6 is 0 Å². The molecule has 2 fully saturated rings. The summed E-state index contributed by atoms with van der Waals surface area (Å²) in [6.07, 6.45) is -3.17. The highest BCUT2D eigenvalue weighted by Crippen LogP contribution is 2.20. The molecule has 3 N–H and O–H groups in total. The maximum Gasteiger partial charge on any atom is 0.471 e. The number of halogens is 3. The van der Waals surface area contributed by atoms with Gasteiger partial charge in [0.15, 0.2) is 0 Å². The Morgan fingerprint density at radius 1 is 1.12 bits per heavy atom. The molecule has 1 aromatic carbocycles. The van der Waals surface area contributed by atoms with Gasteiger partial charge in [-0.1, -0.05) is 12.1 Å². The smallest absolute Gasteiger partial charge is 0.377 e. The summed E-state index contributed by atoms with van der Waals surface area (Å²) in [5.74, 6) is -3.42. The van der Waals surface area contributed by atoms with Gasteiger partial charge in [0.1, 0.15) is 5.84 Å². The van der Waals surface area contributed by atoms with Crippen molar-refractivity contribution < 1.29 is 32.3 Å². The predicted molar refractivity (Wildman–Crippen MR) is 112 cm³/mol. The molecule has 4 amide bonds. The number of carbonyl (C=O) groups excluding carboxylic acids is 3. The van der Waals surface area contributed by atoms with Gasteiger partial charge in [0, 0.05) is 36.8 Å². The van der Waals surface area contributed by atoms with E-state index in [4.69, 9.17) is 10.1 Å². The number of alkyl halides is 3. The van der Waals surface area contributed by atoms with Crippen molar-refractivity contribution in [2.45, 2.75) is 38.0 Å². The van der Waals surface area contributed by atoms with E-state index < -0.39 is 23.8 Å². The van der Waals surface area contributed by atoms with Gasteiger partial charge in [0.25, 0.3) is 5.91 Å². The average Bonchev–Trinajstić information content (AvgIpc) is 3.22. The van der Waals surface area contributed by atoms with Crippen molar-refractivity contribution in [2.75, 3.05) is 32.8 Å². The normalized spacial score (nSPS) is 21.0. The highest BCUT2D eigenvalue weighted by molar-refractivity contribution is 6.08. The van der Waals surface area contributed by atoms with Gasteiger partial charge in [-0.3, -0.25) is 15.0 Å². The van der Waals surface area contributed by atoms with Crippen LogP contribution in [0.4, 0.5) is 18.0 Å². The minimum Gasteiger partial charge on any atom is -0.377 e.